The molecule has 130 valence electrons. The van der Waals surface area contributed by atoms with Gasteiger partial charge in [0.1, 0.15) is 5.82 Å². The van der Waals surface area contributed by atoms with Gasteiger partial charge in [-0.25, -0.2) is 0 Å². The molecule has 0 saturated carbocycles. The van der Waals surface area contributed by atoms with Crippen LogP contribution in [-0.2, 0) is 11.2 Å². The summed E-state index contributed by atoms with van der Waals surface area (Å²) in [5.74, 6) is -0.314. The number of benzene rings is 1. The van der Waals surface area contributed by atoms with Crippen LogP contribution >= 0.6 is 11.6 Å². The third-order valence-corrected chi connectivity index (χ3v) is 3.69. The fraction of sp³-hybridized carbons (Fsp3) is 0.375. The summed E-state index contributed by atoms with van der Waals surface area (Å²) < 4.78 is 0. The van der Waals surface area contributed by atoms with Crippen molar-refractivity contribution in [2.75, 3.05) is 18.4 Å². The molecule has 0 saturated heterocycles. The number of aliphatic hydroxyl groups is 1. The molecule has 2 unspecified atom stereocenters. The van der Waals surface area contributed by atoms with Gasteiger partial charge in [0.15, 0.2) is 0 Å². The second-order valence-electron chi connectivity index (χ2n) is 5.61. The summed E-state index contributed by atoms with van der Waals surface area (Å²) in [4.78, 5) is 10.6. The van der Waals surface area contributed by atoms with Crippen LogP contribution in [0.5, 0.6) is 0 Å². The largest absolute Gasteiger partial charge is 0.481 e. The Balaban J connectivity index is 1.74. The first-order chi connectivity index (χ1) is 11.4. The molecule has 0 aliphatic heterocycles. The van der Waals surface area contributed by atoms with Crippen molar-refractivity contribution in [3.8, 4) is 0 Å². The van der Waals surface area contributed by atoms with Gasteiger partial charge in [-0.05, 0) is 24.6 Å². The van der Waals surface area contributed by atoms with Gasteiger partial charge in [-0.15, -0.1) is 0 Å². The fourth-order valence-electron chi connectivity index (χ4n) is 2.18. The monoisotopic (exact) mass is 352 g/mol. The molecular formula is C16H21ClN4O3. The number of halogens is 1. The molecule has 7 nitrogen and oxygen atoms in total. The Kier molecular flexibility index (Phi) is 6.60. The Bertz CT molecular complexity index is 677. The predicted molar refractivity (Wildman–Crippen MR) is 92.3 cm³/mol. The van der Waals surface area contributed by atoms with Crippen LogP contribution in [0.25, 0.3) is 0 Å². The number of aromatic amines is 1. The third-order valence-electron chi connectivity index (χ3n) is 3.46. The number of nitrogens with one attached hydrogen (secondary N) is 3. The van der Waals surface area contributed by atoms with E-state index in [2.05, 4.69) is 20.8 Å². The molecule has 5 N–H and O–H groups in total. The molecule has 2 aromatic rings. The zero-order valence-electron chi connectivity index (χ0n) is 13.3. The highest BCUT2D eigenvalue weighted by Crippen LogP contribution is 2.17. The quantitative estimate of drug-likeness (QED) is 0.471. The molecule has 1 aromatic carbocycles. The summed E-state index contributed by atoms with van der Waals surface area (Å²) in [6.45, 7) is 2.95. The molecule has 2 atom stereocenters. The van der Waals surface area contributed by atoms with Crippen LogP contribution in [0.15, 0.2) is 30.3 Å². The Labute approximate surface area is 145 Å². The third kappa shape index (κ3) is 5.84. The number of hydrogen-bond donors (Lipinski definition) is 5. The number of aliphatic carboxylic acids is 1. The zero-order chi connectivity index (χ0) is 17.5. The lowest BCUT2D eigenvalue weighted by molar-refractivity contribution is -0.136. The topological polar surface area (TPSA) is 110 Å². The van der Waals surface area contributed by atoms with Gasteiger partial charge in [0.05, 0.1) is 12.5 Å². The summed E-state index contributed by atoms with van der Waals surface area (Å²) in [7, 11) is 0. The van der Waals surface area contributed by atoms with Gasteiger partial charge in [0, 0.05) is 35.9 Å². The second-order valence-corrected chi connectivity index (χ2v) is 6.05. The van der Waals surface area contributed by atoms with E-state index in [9.17, 15) is 9.90 Å². The van der Waals surface area contributed by atoms with Crippen molar-refractivity contribution < 1.29 is 15.0 Å². The first kappa shape index (κ1) is 18.3. The number of rotatable bonds is 9. The lowest BCUT2D eigenvalue weighted by atomic mass is 10.1. The maximum atomic E-state index is 10.6. The van der Waals surface area contributed by atoms with Crippen LogP contribution in [0.2, 0.25) is 5.02 Å². The Morgan fingerprint density at radius 3 is 2.88 bits per heavy atom. The molecule has 8 heteroatoms. The van der Waals surface area contributed by atoms with E-state index in [0.717, 1.165) is 5.56 Å². The molecule has 1 aromatic heterocycles. The maximum absolute atomic E-state index is 10.6. The van der Waals surface area contributed by atoms with Crippen molar-refractivity contribution in [1.82, 2.24) is 15.5 Å². The molecular weight excluding hydrogens is 332 g/mol. The van der Waals surface area contributed by atoms with E-state index in [0.29, 0.717) is 29.6 Å². The van der Waals surface area contributed by atoms with E-state index < -0.39 is 12.1 Å². The van der Waals surface area contributed by atoms with E-state index in [1.54, 1.807) is 24.3 Å². The van der Waals surface area contributed by atoms with Crippen molar-refractivity contribution in [2.45, 2.75) is 25.5 Å². The van der Waals surface area contributed by atoms with E-state index in [1.807, 2.05) is 13.0 Å². The van der Waals surface area contributed by atoms with Gasteiger partial charge in [0.25, 0.3) is 0 Å². The minimum Gasteiger partial charge on any atom is -0.481 e. The van der Waals surface area contributed by atoms with E-state index in [-0.39, 0.29) is 12.5 Å². The summed E-state index contributed by atoms with van der Waals surface area (Å²) in [5.41, 5.74) is 1.31. The van der Waals surface area contributed by atoms with Crippen LogP contribution < -0.4 is 10.6 Å². The molecule has 0 bridgehead atoms. The maximum Gasteiger partial charge on any atom is 0.309 e. The van der Waals surface area contributed by atoms with E-state index in [1.165, 1.54) is 0 Å². The number of H-pyrrole nitrogens is 1. The summed E-state index contributed by atoms with van der Waals surface area (Å²) in [6, 6.07) is 8.89. The molecule has 0 radical (unpaired) electrons. The number of carboxylic acids is 1. The van der Waals surface area contributed by atoms with Gasteiger partial charge in [-0.1, -0.05) is 23.7 Å². The average molecular weight is 353 g/mol. The second kappa shape index (κ2) is 8.68. The molecule has 0 aliphatic carbocycles. The molecule has 0 aliphatic rings. The van der Waals surface area contributed by atoms with Crippen molar-refractivity contribution in [1.29, 1.82) is 0 Å². The van der Waals surface area contributed by atoms with Crippen molar-refractivity contribution in [3.63, 3.8) is 0 Å². The van der Waals surface area contributed by atoms with Gasteiger partial charge >= 0.3 is 5.97 Å². The minimum atomic E-state index is -0.907. The van der Waals surface area contributed by atoms with Crippen LogP contribution in [0.3, 0.4) is 0 Å². The summed E-state index contributed by atoms with van der Waals surface area (Å²) >= 11 is 5.91. The number of hydrogen-bond acceptors (Lipinski definition) is 5. The van der Waals surface area contributed by atoms with Crippen molar-refractivity contribution in [2.24, 2.45) is 0 Å². The number of carboxylic acid groups (broad SMARTS) is 1. The summed E-state index contributed by atoms with van der Waals surface area (Å²) in [5, 5.41) is 32.5. The normalized spacial score (nSPS) is 13.5. The standard InChI is InChI=1S/C16H21ClN4O3/c1-10(8-19-15-6-13(20-21-15)7-16(23)24)18-9-14(22)11-3-2-4-12(17)5-11/h2-6,10,14,18,22H,7-9H2,1H3,(H,23,24)(H2,19,20,21). The lowest BCUT2D eigenvalue weighted by Gasteiger charge is -2.18. The van der Waals surface area contributed by atoms with E-state index >= 15 is 0 Å². The van der Waals surface area contributed by atoms with Crippen molar-refractivity contribution >= 4 is 23.4 Å². The Hall–Kier alpha value is -2.09. The Morgan fingerprint density at radius 1 is 1.38 bits per heavy atom. The molecule has 2 rings (SSSR count). The number of aliphatic hydroxyl groups excluding tert-OH is 1. The first-order valence-electron chi connectivity index (χ1n) is 7.61. The highest BCUT2D eigenvalue weighted by molar-refractivity contribution is 6.30. The van der Waals surface area contributed by atoms with Gasteiger partial charge in [-0.2, -0.15) is 5.10 Å². The molecule has 0 fully saturated rings. The predicted octanol–water partition coefficient (Wildman–Crippen LogP) is 1.81. The number of nitrogens with zero attached hydrogens (tertiary/aromatic N) is 1. The van der Waals surface area contributed by atoms with Gasteiger partial charge < -0.3 is 20.8 Å². The zero-order valence-corrected chi connectivity index (χ0v) is 14.0. The van der Waals surface area contributed by atoms with Crippen LogP contribution in [0.1, 0.15) is 24.3 Å². The Morgan fingerprint density at radius 2 is 2.17 bits per heavy atom. The molecule has 0 spiro atoms. The van der Waals surface area contributed by atoms with E-state index in [4.69, 9.17) is 16.7 Å². The molecule has 0 amide bonds. The van der Waals surface area contributed by atoms with Crippen LogP contribution in [-0.4, -0.2) is 45.5 Å². The fourth-order valence-corrected chi connectivity index (χ4v) is 2.38. The number of aromatic nitrogens is 2. The SMILES string of the molecule is CC(CNc1cc(CC(=O)O)[nH]n1)NCC(O)c1cccc(Cl)c1. The smallest absolute Gasteiger partial charge is 0.309 e. The lowest BCUT2D eigenvalue weighted by Crippen LogP contribution is -2.35. The van der Waals surface area contributed by atoms with Crippen molar-refractivity contribution in [3.05, 3.63) is 46.6 Å². The van der Waals surface area contributed by atoms with Gasteiger partial charge in [0.2, 0.25) is 0 Å². The highest BCUT2D eigenvalue weighted by Gasteiger charge is 2.11. The number of anilines is 1. The van der Waals surface area contributed by atoms with Gasteiger partial charge in [-0.3, -0.25) is 9.89 Å². The summed E-state index contributed by atoms with van der Waals surface area (Å²) in [6.07, 6.45) is -0.729. The van der Waals surface area contributed by atoms with Crippen LogP contribution in [0.4, 0.5) is 5.82 Å². The molecule has 1 heterocycles. The minimum absolute atomic E-state index is 0.0819. The molecule has 24 heavy (non-hydrogen) atoms. The van der Waals surface area contributed by atoms with Crippen LogP contribution in [0, 0.1) is 0 Å². The number of carbonyl (C=O) groups is 1. The highest BCUT2D eigenvalue weighted by atomic mass is 35.5. The first-order valence-corrected chi connectivity index (χ1v) is 7.98. The average Bonchev–Trinajstić information content (AvgIpc) is 2.97.